The summed E-state index contributed by atoms with van der Waals surface area (Å²) in [7, 11) is 0.992. The maximum atomic E-state index is 13.7. The van der Waals surface area contributed by atoms with E-state index in [1.807, 2.05) is 4.68 Å². The van der Waals surface area contributed by atoms with Crippen molar-refractivity contribution in [2.24, 2.45) is 0 Å². The third-order valence-corrected chi connectivity index (χ3v) is 5.97. The highest BCUT2D eigenvalue weighted by molar-refractivity contribution is 6.76. The first-order chi connectivity index (χ1) is 11.3. The van der Waals surface area contributed by atoms with E-state index in [0.717, 1.165) is 48.8 Å². The van der Waals surface area contributed by atoms with Gasteiger partial charge in [-0.3, -0.25) is 0 Å². The van der Waals surface area contributed by atoms with Crippen molar-refractivity contribution in [1.29, 1.82) is 0 Å². The summed E-state index contributed by atoms with van der Waals surface area (Å²) in [5, 5.41) is 5.58. The molecule has 0 unspecified atom stereocenters. The molecular formula is C18H30FN3OSi. The quantitative estimate of drug-likeness (QED) is 0.506. The average molecular weight is 352 g/mol. The number of fused-ring (bicyclic) bond motifs is 1. The number of nitrogens with zero attached hydrogens (tertiary/aromatic N) is 3. The molecule has 0 aliphatic heterocycles. The lowest BCUT2D eigenvalue weighted by Gasteiger charge is -2.15. The highest BCUT2D eigenvalue weighted by Gasteiger charge is 2.14. The largest absolute Gasteiger partial charge is 0.360 e. The summed E-state index contributed by atoms with van der Waals surface area (Å²) in [5.41, 5.74) is 1.89. The predicted molar refractivity (Wildman–Crippen MR) is 101 cm³/mol. The lowest BCUT2D eigenvalue weighted by molar-refractivity contribution is 0.0813. The minimum Gasteiger partial charge on any atom is -0.360 e. The fourth-order valence-corrected chi connectivity index (χ4v) is 3.24. The SMILES string of the molecule is CCN(C)CCc1nn(COCC[Si](C)(C)C)c2ccc(F)cc12. The Hall–Kier alpha value is -1.24. The van der Waals surface area contributed by atoms with Crippen LogP contribution in [-0.4, -0.2) is 49.5 Å². The fraction of sp³-hybridized carbons (Fsp3) is 0.611. The molecule has 1 aromatic carbocycles. The summed E-state index contributed by atoms with van der Waals surface area (Å²) < 4.78 is 21.3. The lowest BCUT2D eigenvalue weighted by atomic mass is 10.1. The van der Waals surface area contributed by atoms with Gasteiger partial charge in [-0.25, -0.2) is 9.07 Å². The van der Waals surface area contributed by atoms with Crippen molar-refractivity contribution in [2.45, 2.75) is 45.8 Å². The van der Waals surface area contributed by atoms with Crippen molar-refractivity contribution in [3.8, 4) is 0 Å². The van der Waals surface area contributed by atoms with Crippen LogP contribution >= 0.6 is 0 Å². The van der Waals surface area contributed by atoms with Gasteiger partial charge < -0.3 is 9.64 Å². The van der Waals surface area contributed by atoms with E-state index in [0.29, 0.717) is 6.73 Å². The van der Waals surface area contributed by atoms with Gasteiger partial charge in [-0.2, -0.15) is 5.10 Å². The van der Waals surface area contributed by atoms with Crippen LogP contribution in [0.5, 0.6) is 0 Å². The van der Waals surface area contributed by atoms with Gasteiger partial charge in [-0.05, 0) is 37.8 Å². The van der Waals surface area contributed by atoms with Gasteiger partial charge in [0.2, 0.25) is 0 Å². The van der Waals surface area contributed by atoms with Crippen LogP contribution in [0.3, 0.4) is 0 Å². The normalized spacial score (nSPS) is 12.5. The van der Waals surface area contributed by atoms with E-state index in [2.05, 4.69) is 43.6 Å². The summed E-state index contributed by atoms with van der Waals surface area (Å²) in [6.07, 6.45) is 0.812. The third kappa shape index (κ3) is 5.39. The molecule has 0 aliphatic carbocycles. The number of aromatic nitrogens is 2. The number of hydrogen-bond acceptors (Lipinski definition) is 3. The van der Waals surface area contributed by atoms with Crippen molar-refractivity contribution in [3.63, 3.8) is 0 Å². The van der Waals surface area contributed by atoms with E-state index in [1.54, 1.807) is 12.1 Å². The van der Waals surface area contributed by atoms with Crippen molar-refractivity contribution in [3.05, 3.63) is 29.7 Å². The van der Waals surface area contributed by atoms with Crippen LogP contribution in [0.4, 0.5) is 4.39 Å². The Balaban J connectivity index is 2.11. The summed E-state index contributed by atoms with van der Waals surface area (Å²) >= 11 is 0. The van der Waals surface area contributed by atoms with Crippen molar-refractivity contribution >= 4 is 19.0 Å². The third-order valence-electron chi connectivity index (χ3n) is 4.27. The molecule has 0 amide bonds. The molecule has 0 bridgehead atoms. The van der Waals surface area contributed by atoms with Crippen LogP contribution < -0.4 is 0 Å². The van der Waals surface area contributed by atoms with E-state index < -0.39 is 8.07 Å². The average Bonchev–Trinajstić information content (AvgIpc) is 2.85. The monoisotopic (exact) mass is 351 g/mol. The van der Waals surface area contributed by atoms with Gasteiger partial charge in [0.25, 0.3) is 0 Å². The molecule has 0 spiro atoms. The molecule has 0 atom stereocenters. The number of hydrogen-bond donors (Lipinski definition) is 0. The topological polar surface area (TPSA) is 30.3 Å². The van der Waals surface area contributed by atoms with Crippen molar-refractivity contribution in [2.75, 3.05) is 26.7 Å². The van der Waals surface area contributed by atoms with E-state index >= 15 is 0 Å². The van der Waals surface area contributed by atoms with E-state index in [1.165, 1.54) is 6.07 Å². The second-order valence-corrected chi connectivity index (χ2v) is 13.2. The summed E-state index contributed by atoms with van der Waals surface area (Å²) in [6, 6.07) is 6.01. The van der Waals surface area contributed by atoms with Crippen molar-refractivity contribution in [1.82, 2.24) is 14.7 Å². The van der Waals surface area contributed by atoms with Crippen LogP contribution in [0.25, 0.3) is 10.9 Å². The molecule has 24 heavy (non-hydrogen) atoms. The molecule has 2 rings (SSSR count). The maximum absolute atomic E-state index is 13.7. The summed E-state index contributed by atoms with van der Waals surface area (Å²) in [4.78, 5) is 2.23. The van der Waals surface area contributed by atoms with Gasteiger partial charge in [-0.1, -0.05) is 26.6 Å². The zero-order valence-electron chi connectivity index (χ0n) is 15.6. The Morgan fingerprint density at radius 3 is 2.71 bits per heavy atom. The Bertz CT molecular complexity index is 666. The highest BCUT2D eigenvalue weighted by Crippen LogP contribution is 2.21. The Kier molecular flexibility index (Phi) is 6.54. The van der Waals surface area contributed by atoms with E-state index in [-0.39, 0.29) is 5.82 Å². The Morgan fingerprint density at radius 2 is 2.04 bits per heavy atom. The predicted octanol–water partition coefficient (Wildman–Crippen LogP) is 3.98. The second kappa shape index (κ2) is 8.23. The van der Waals surface area contributed by atoms with E-state index in [4.69, 9.17) is 4.74 Å². The number of ether oxygens (including phenoxy) is 1. The number of halogens is 1. The molecule has 1 heterocycles. The molecular weight excluding hydrogens is 321 g/mol. The smallest absolute Gasteiger partial charge is 0.140 e. The van der Waals surface area contributed by atoms with Crippen LogP contribution in [0.2, 0.25) is 25.7 Å². The molecule has 1 aromatic heterocycles. The number of rotatable bonds is 9. The van der Waals surface area contributed by atoms with Crippen LogP contribution in [-0.2, 0) is 17.9 Å². The first-order valence-corrected chi connectivity index (χ1v) is 12.4. The Labute approximate surface area is 145 Å². The standard InChI is InChI=1S/C18H30FN3OSi/c1-6-21(2)10-9-17-16-13-15(19)7-8-18(16)22(20-17)14-23-11-12-24(3,4)5/h7-8,13H,6,9-12,14H2,1-5H3. The number of likely N-dealkylation sites (N-methyl/N-ethyl adjacent to an activating group) is 1. The van der Waals surface area contributed by atoms with E-state index in [9.17, 15) is 4.39 Å². The minimum absolute atomic E-state index is 0.216. The molecule has 0 aliphatic rings. The molecule has 0 saturated heterocycles. The van der Waals surface area contributed by atoms with Gasteiger partial charge in [0.15, 0.2) is 0 Å². The second-order valence-electron chi connectivity index (χ2n) is 7.60. The van der Waals surface area contributed by atoms with Gasteiger partial charge >= 0.3 is 0 Å². The molecule has 6 heteroatoms. The Morgan fingerprint density at radius 1 is 1.29 bits per heavy atom. The van der Waals surface area contributed by atoms with Crippen molar-refractivity contribution < 1.29 is 9.13 Å². The minimum atomic E-state index is -1.09. The first kappa shape index (κ1) is 19.1. The fourth-order valence-electron chi connectivity index (χ4n) is 2.49. The molecule has 0 saturated carbocycles. The van der Waals surface area contributed by atoms with Gasteiger partial charge in [0, 0.05) is 33.0 Å². The zero-order valence-corrected chi connectivity index (χ0v) is 16.6. The van der Waals surface area contributed by atoms with Gasteiger partial charge in [0.1, 0.15) is 12.5 Å². The lowest BCUT2D eigenvalue weighted by Crippen LogP contribution is -2.22. The first-order valence-electron chi connectivity index (χ1n) is 8.71. The molecule has 4 nitrogen and oxygen atoms in total. The number of benzene rings is 1. The van der Waals surface area contributed by atoms with Gasteiger partial charge in [-0.15, -0.1) is 0 Å². The molecule has 0 fully saturated rings. The van der Waals surface area contributed by atoms with Gasteiger partial charge in [0.05, 0.1) is 11.2 Å². The van der Waals surface area contributed by atoms with Crippen LogP contribution in [0.15, 0.2) is 18.2 Å². The molecule has 0 radical (unpaired) electrons. The molecule has 134 valence electrons. The summed E-state index contributed by atoms with van der Waals surface area (Å²) in [5.74, 6) is -0.216. The zero-order chi connectivity index (χ0) is 17.7. The molecule has 2 aromatic rings. The van der Waals surface area contributed by atoms with Crippen LogP contribution in [0, 0.1) is 5.82 Å². The maximum Gasteiger partial charge on any atom is 0.140 e. The van der Waals surface area contributed by atoms with Crippen LogP contribution in [0.1, 0.15) is 12.6 Å². The summed E-state index contributed by atoms with van der Waals surface area (Å²) in [6.45, 7) is 12.2. The molecule has 0 N–H and O–H groups in total. The highest BCUT2D eigenvalue weighted by atomic mass is 28.3.